The number of ether oxygens (including phenoxy) is 1. The molecule has 8 nitrogen and oxygen atoms in total. The van der Waals surface area contributed by atoms with Gasteiger partial charge in [-0.3, -0.25) is 14.7 Å². The highest BCUT2D eigenvalue weighted by Crippen LogP contribution is 2.31. The molecule has 154 valence electrons. The number of esters is 1. The van der Waals surface area contributed by atoms with Gasteiger partial charge in [0.2, 0.25) is 5.91 Å². The van der Waals surface area contributed by atoms with Crippen molar-refractivity contribution in [1.29, 1.82) is 0 Å². The zero-order chi connectivity index (χ0) is 21.2. The first-order valence-electron chi connectivity index (χ1n) is 9.26. The molecule has 0 unspecified atom stereocenters. The van der Waals surface area contributed by atoms with E-state index in [9.17, 15) is 9.59 Å². The predicted octanol–water partition coefficient (Wildman–Crippen LogP) is 3.24. The Bertz CT molecular complexity index is 1030. The molecule has 0 atom stereocenters. The van der Waals surface area contributed by atoms with Gasteiger partial charge in [-0.05, 0) is 5.56 Å². The van der Waals surface area contributed by atoms with Gasteiger partial charge >= 0.3 is 5.97 Å². The number of nitrogens with one attached hydrogen (secondary N) is 2. The maximum atomic E-state index is 11.8. The summed E-state index contributed by atoms with van der Waals surface area (Å²) in [7, 11) is 1.30. The molecule has 0 aliphatic carbocycles. The highest BCUT2D eigenvalue weighted by atomic mass is 35.5. The number of carbonyl (C=O) groups is 2. The third kappa shape index (κ3) is 4.76. The molecule has 2 N–H and O–H groups in total. The lowest BCUT2D eigenvalue weighted by molar-refractivity contribution is -0.142. The molecule has 0 aliphatic rings. The molecule has 29 heavy (non-hydrogen) atoms. The van der Waals surface area contributed by atoms with Gasteiger partial charge in [-0.2, -0.15) is 4.63 Å². The molecule has 1 aromatic carbocycles. The lowest BCUT2D eigenvalue weighted by atomic mass is 9.92. The number of halogens is 1. The average molecular weight is 418 g/mol. The van der Waals surface area contributed by atoms with E-state index in [0.29, 0.717) is 23.0 Å². The fraction of sp³-hybridized carbons (Fsp3) is 0.400. The smallest absolute Gasteiger partial charge is 0.306 e. The standard InChI is InChI=1S/C20H24ClN5O3/c1-20(2,3)17-16(21)19-23-18(25-26(19)24-17)13-7-5-12(6-8-13)11-22-14(27)9-10-15(28)29-4/h5-8,24H,9-11H2,1-4H3,(H,22,27). The minimum atomic E-state index is -0.400. The van der Waals surface area contributed by atoms with E-state index in [1.54, 1.807) is 4.63 Å². The van der Waals surface area contributed by atoms with Crippen LogP contribution in [0.25, 0.3) is 17.0 Å². The number of fused-ring (bicyclic) bond motifs is 1. The van der Waals surface area contributed by atoms with Crippen molar-refractivity contribution in [1.82, 2.24) is 25.1 Å². The Kier molecular flexibility index (Phi) is 5.93. The van der Waals surface area contributed by atoms with Gasteiger partial charge in [0.1, 0.15) is 5.02 Å². The molecule has 0 saturated carbocycles. The molecule has 2 heterocycles. The van der Waals surface area contributed by atoms with Crippen LogP contribution in [-0.2, 0) is 26.3 Å². The summed E-state index contributed by atoms with van der Waals surface area (Å²) in [5, 5.41) is 11.0. The predicted molar refractivity (Wildman–Crippen MR) is 110 cm³/mol. The van der Waals surface area contributed by atoms with Gasteiger partial charge in [-0.1, -0.05) is 56.6 Å². The average Bonchev–Trinajstić information content (AvgIpc) is 3.24. The van der Waals surface area contributed by atoms with Gasteiger partial charge in [0, 0.05) is 23.9 Å². The Morgan fingerprint density at radius 1 is 1.21 bits per heavy atom. The van der Waals surface area contributed by atoms with Crippen LogP contribution in [0.4, 0.5) is 0 Å². The van der Waals surface area contributed by atoms with Crippen molar-refractivity contribution >= 4 is 29.1 Å². The molecule has 0 radical (unpaired) electrons. The summed E-state index contributed by atoms with van der Waals surface area (Å²) >= 11 is 6.47. The van der Waals surface area contributed by atoms with Crippen LogP contribution >= 0.6 is 11.6 Å². The van der Waals surface area contributed by atoms with E-state index in [4.69, 9.17) is 11.6 Å². The minimum Gasteiger partial charge on any atom is -0.469 e. The number of hydrogen-bond acceptors (Lipinski definition) is 5. The molecule has 3 rings (SSSR count). The van der Waals surface area contributed by atoms with E-state index in [1.165, 1.54) is 7.11 Å². The first kappa shape index (κ1) is 20.9. The first-order chi connectivity index (χ1) is 13.7. The molecule has 9 heteroatoms. The molecular weight excluding hydrogens is 394 g/mol. The van der Waals surface area contributed by atoms with Crippen LogP contribution in [0.15, 0.2) is 24.3 Å². The van der Waals surface area contributed by atoms with Gasteiger partial charge in [0.15, 0.2) is 11.5 Å². The summed E-state index contributed by atoms with van der Waals surface area (Å²) in [6.45, 7) is 6.58. The monoisotopic (exact) mass is 417 g/mol. The minimum absolute atomic E-state index is 0.0693. The zero-order valence-corrected chi connectivity index (χ0v) is 17.6. The van der Waals surface area contributed by atoms with E-state index in [-0.39, 0.29) is 24.2 Å². The van der Waals surface area contributed by atoms with Gasteiger partial charge in [0.05, 0.1) is 19.2 Å². The maximum Gasteiger partial charge on any atom is 0.306 e. The van der Waals surface area contributed by atoms with Crippen LogP contribution in [0.2, 0.25) is 5.02 Å². The lowest BCUT2D eigenvalue weighted by Gasteiger charge is -2.16. The third-order valence-corrected chi connectivity index (χ3v) is 4.83. The molecule has 1 amide bonds. The number of nitrogens with zero attached hydrogens (tertiary/aromatic N) is 3. The fourth-order valence-electron chi connectivity index (χ4n) is 2.80. The van der Waals surface area contributed by atoms with Gasteiger partial charge in [-0.25, -0.2) is 4.98 Å². The van der Waals surface area contributed by atoms with Crippen LogP contribution in [0.3, 0.4) is 0 Å². The number of hydrogen-bond donors (Lipinski definition) is 2. The van der Waals surface area contributed by atoms with Gasteiger partial charge in [-0.15, -0.1) is 5.10 Å². The number of aromatic nitrogens is 4. The van der Waals surface area contributed by atoms with Crippen LogP contribution in [-0.4, -0.2) is 38.8 Å². The van der Waals surface area contributed by atoms with Crippen LogP contribution in [0.5, 0.6) is 0 Å². The third-order valence-electron chi connectivity index (χ3n) is 4.48. The lowest BCUT2D eigenvalue weighted by Crippen LogP contribution is -2.23. The Morgan fingerprint density at radius 3 is 2.48 bits per heavy atom. The number of amides is 1. The number of carbonyl (C=O) groups excluding carboxylic acids is 2. The summed E-state index contributed by atoms with van der Waals surface area (Å²) in [5.74, 6) is -0.0378. The van der Waals surface area contributed by atoms with Crippen molar-refractivity contribution in [3.8, 4) is 11.4 Å². The summed E-state index contributed by atoms with van der Waals surface area (Å²) in [5.41, 5.74) is 3.12. The summed E-state index contributed by atoms with van der Waals surface area (Å²) < 4.78 is 6.11. The normalized spacial score (nSPS) is 11.6. The van der Waals surface area contributed by atoms with E-state index in [1.807, 2.05) is 24.3 Å². The molecule has 0 bridgehead atoms. The van der Waals surface area contributed by atoms with Crippen molar-refractivity contribution in [2.24, 2.45) is 0 Å². The van der Waals surface area contributed by atoms with Crippen molar-refractivity contribution in [2.45, 2.75) is 45.6 Å². The topological polar surface area (TPSA) is 101 Å². The van der Waals surface area contributed by atoms with E-state index in [0.717, 1.165) is 16.8 Å². The number of aromatic amines is 1. The second-order valence-corrected chi connectivity index (χ2v) is 8.15. The number of rotatable bonds is 6. The molecule has 3 aromatic rings. The van der Waals surface area contributed by atoms with Gasteiger partial charge < -0.3 is 10.1 Å². The van der Waals surface area contributed by atoms with E-state index < -0.39 is 5.97 Å². The van der Waals surface area contributed by atoms with Crippen molar-refractivity contribution < 1.29 is 14.3 Å². The summed E-state index contributed by atoms with van der Waals surface area (Å²) in [6, 6.07) is 7.58. The Labute approximate surface area is 173 Å². The van der Waals surface area contributed by atoms with E-state index >= 15 is 0 Å². The summed E-state index contributed by atoms with van der Waals surface area (Å²) in [4.78, 5) is 27.4. The number of H-pyrrole nitrogens is 1. The molecule has 0 saturated heterocycles. The number of benzene rings is 1. The number of methoxy groups -OCH3 is 1. The maximum absolute atomic E-state index is 11.8. The second kappa shape index (κ2) is 8.24. The second-order valence-electron chi connectivity index (χ2n) is 7.77. The molecule has 2 aromatic heterocycles. The first-order valence-corrected chi connectivity index (χ1v) is 9.64. The zero-order valence-electron chi connectivity index (χ0n) is 16.9. The van der Waals surface area contributed by atoms with Crippen molar-refractivity contribution in [3.05, 3.63) is 40.5 Å². The SMILES string of the molecule is COC(=O)CCC(=O)NCc1ccc(-c2nc3c(Cl)c(C(C)(C)C)[nH]n3n2)cc1. The van der Waals surface area contributed by atoms with Crippen molar-refractivity contribution in [3.63, 3.8) is 0 Å². The van der Waals surface area contributed by atoms with Crippen LogP contribution in [0.1, 0.15) is 44.9 Å². The highest BCUT2D eigenvalue weighted by molar-refractivity contribution is 6.34. The Balaban J connectivity index is 1.66. The Morgan fingerprint density at radius 2 is 1.90 bits per heavy atom. The van der Waals surface area contributed by atoms with Gasteiger partial charge in [0.25, 0.3) is 0 Å². The highest BCUT2D eigenvalue weighted by Gasteiger charge is 2.24. The molecule has 0 spiro atoms. The quantitative estimate of drug-likeness (QED) is 0.599. The molecule has 0 fully saturated rings. The van der Waals surface area contributed by atoms with Crippen LogP contribution in [0, 0.1) is 0 Å². The van der Waals surface area contributed by atoms with Crippen LogP contribution < -0.4 is 5.32 Å². The van der Waals surface area contributed by atoms with Crippen molar-refractivity contribution in [2.75, 3.05) is 7.11 Å². The molecular formula is C20H24ClN5O3. The molecule has 0 aliphatic heterocycles. The fourth-order valence-corrected chi connectivity index (χ4v) is 3.24. The van der Waals surface area contributed by atoms with E-state index in [2.05, 4.69) is 46.0 Å². The summed E-state index contributed by atoms with van der Waals surface area (Å²) in [6.07, 6.45) is 0.173. The Hall–Kier alpha value is -2.87. The largest absolute Gasteiger partial charge is 0.469 e.